The number of carbonyl (C=O) groups is 4. The van der Waals surface area contributed by atoms with E-state index in [1.165, 1.54) is 315 Å². The van der Waals surface area contributed by atoms with Crippen molar-refractivity contribution in [2.24, 2.45) is 11.8 Å². The second-order valence-electron chi connectivity index (χ2n) is 34.0. The molecule has 0 amide bonds. The van der Waals surface area contributed by atoms with Crippen LogP contribution in [-0.2, 0) is 65.4 Å². The maximum atomic E-state index is 13.2. The van der Waals surface area contributed by atoms with Crippen LogP contribution in [0.3, 0.4) is 0 Å². The first-order chi connectivity index (χ1) is 53.9. The highest BCUT2D eigenvalue weighted by Gasteiger charge is 2.31. The van der Waals surface area contributed by atoms with Gasteiger partial charge < -0.3 is 33.8 Å². The Morgan fingerprint density at radius 2 is 0.414 bits per heavy atom. The third-order valence-corrected chi connectivity index (χ3v) is 23.6. The lowest BCUT2D eigenvalue weighted by Crippen LogP contribution is -2.30. The van der Waals surface area contributed by atoms with E-state index in [4.69, 9.17) is 37.0 Å². The molecule has 0 bridgehead atoms. The quantitative estimate of drug-likeness (QED) is 0.0222. The zero-order chi connectivity index (χ0) is 81.3. The molecule has 0 aromatic heterocycles. The van der Waals surface area contributed by atoms with Crippen LogP contribution in [0.4, 0.5) is 0 Å². The van der Waals surface area contributed by atoms with E-state index in [9.17, 15) is 43.2 Å². The van der Waals surface area contributed by atoms with Crippen LogP contribution in [0.5, 0.6) is 0 Å². The summed E-state index contributed by atoms with van der Waals surface area (Å²) < 4.78 is 69.1. The van der Waals surface area contributed by atoms with E-state index < -0.39 is 97.5 Å². The van der Waals surface area contributed by atoms with Gasteiger partial charge in [0.1, 0.15) is 19.3 Å². The molecule has 660 valence electrons. The SMILES string of the molecule is CCCCCCCCCCCCCCCCCCCCCCCCC(=O)O[C@H](COC(=O)CCCCCCCCCCCCCCCCCCCCCCC)COP(=O)(O)OC[C@@H](O)COP(=O)(O)OC[C@@H](COC(=O)CCCCCCCCCCCC(C)C)OC(=O)CCCCCCCCCCCCCCCC(C)C. The second-order valence-corrected chi connectivity index (χ2v) is 36.9. The van der Waals surface area contributed by atoms with Crippen molar-refractivity contribution >= 4 is 39.5 Å². The van der Waals surface area contributed by atoms with Gasteiger partial charge in [-0.2, -0.15) is 0 Å². The smallest absolute Gasteiger partial charge is 0.462 e. The summed E-state index contributed by atoms with van der Waals surface area (Å²) in [7, 11) is -9.94. The number of aliphatic hydroxyl groups is 1. The number of hydrogen-bond donors (Lipinski definition) is 3. The highest BCUT2D eigenvalue weighted by Crippen LogP contribution is 2.45. The van der Waals surface area contributed by atoms with Crippen molar-refractivity contribution in [1.82, 2.24) is 0 Å². The van der Waals surface area contributed by atoms with Crippen molar-refractivity contribution in [3.05, 3.63) is 0 Å². The summed E-state index contributed by atoms with van der Waals surface area (Å²) in [6.07, 6.45) is 78.0. The van der Waals surface area contributed by atoms with E-state index in [0.29, 0.717) is 25.7 Å². The fourth-order valence-corrected chi connectivity index (χ4v) is 16.1. The molecule has 0 aromatic carbocycles. The van der Waals surface area contributed by atoms with Gasteiger partial charge in [-0.1, -0.05) is 446 Å². The molecule has 2 unspecified atom stereocenters. The van der Waals surface area contributed by atoms with Gasteiger partial charge in [-0.25, -0.2) is 9.13 Å². The molecular formula is C92H180O17P2. The van der Waals surface area contributed by atoms with E-state index in [1.54, 1.807) is 0 Å². The summed E-state index contributed by atoms with van der Waals surface area (Å²) in [5.74, 6) is -0.566. The van der Waals surface area contributed by atoms with Gasteiger partial charge in [-0.05, 0) is 37.5 Å². The van der Waals surface area contributed by atoms with Gasteiger partial charge in [0.05, 0.1) is 26.4 Å². The number of rotatable bonds is 91. The maximum absolute atomic E-state index is 13.2. The number of esters is 4. The molecule has 0 saturated carbocycles. The van der Waals surface area contributed by atoms with Crippen LogP contribution >= 0.6 is 15.6 Å². The largest absolute Gasteiger partial charge is 0.472 e. The Bertz CT molecular complexity index is 2120. The van der Waals surface area contributed by atoms with Crippen LogP contribution in [0.2, 0.25) is 0 Å². The predicted octanol–water partition coefficient (Wildman–Crippen LogP) is 28.6. The lowest BCUT2D eigenvalue weighted by Gasteiger charge is -2.21. The fraction of sp³-hybridized carbons (Fsp3) is 0.957. The zero-order valence-electron chi connectivity index (χ0n) is 73.3. The Balaban J connectivity index is 5.24. The van der Waals surface area contributed by atoms with Crippen LogP contribution in [-0.4, -0.2) is 96.7 Å². The molecule has 3 N–H and O–H groups in total. The molecular weight excluding hydrogens is 1440 g/mol. The topological polar surface area (TPSA) is 237 Å². The first-order valence-corrected chi connectivity index (χ1v) is 50.5. The normalized spacial score (nSPS) is 13.7. The molecule has 0 spiro atoms. The molecule has 0 aromatic rings. The minimum absolute atomic E-state index is 0.107. The second kappa shape index (κ2) is 83.1. The van der Waals surface area contributed by atoms with E-state index >= 15 is 0 Å². The molecule has 0 saturated heterocycles. The molecule has 0 rings (SSSR count). The summed E-state index contributed by atoms with van der Waals surface area (Å²) in [6.45, 7) is 9.70. The van der Waals surface area contributed by atoms with Crippen LogP contribution < -0.4 is 0 Å². The van der Waals surface area contributed by atoms with Crippen molar-refractivity contribution in [3.8, 4) is 0 Å². The van der Waals surface area contributed by atoms with Gasteiger partial charge in [0, 0.05) is 25.7 Å². The Kier molecular flexibility index (Phi) is 81.7. The van der Waals surface area contributed by atoms with Gasteiger partial charge in [0.2, 0.25) is 0 Å². The molecule has 111 heavy (non-hydrogen) atoms. The van der Waals surface area contributed by atoms with Gasteiger partial charge >= 0.3 is 39.5 Å². The molecule has 17 nitrogen and oxygen atoms in total. The number of carbonyl (C=O) groups excluding carboxylic acids is 4. The van der Waals surface area contributed by atoms with Crippen molar-refractivity contribution in [1.29, 1.82) is 0 Å². The van der Waals surface area contributed by atoms with E-state index in [-0.39, 0.29) is 25.7 Å². The fourth-order valence-electron chi connectivity index (χ4n) is 14.5. The highest BCUT2D eigenvalue weighted by molar-refractivity contribution is 7.47. The maximum Gasteiger partial charge on any atom is 0.472 e. The van der Waals surface area contributed by atoms with E-state index in [1.807, 2.05) is 0 Å². The number of hydrogen-bond acceptors (Lipinski definition) is 15. The Morgan fingerprint density at radius 1 is 0.243 bits per heavy atom. The Labute approximate surface area is 683 Å². The van der Waals surface area contributed by atoms with Crippen molar-refractivity contribution < 1.29 is 80.2 Å². The molecule has 0 heterocycles. The molecule has 5 atom stereocenters. The highest BCUT2D eigenvalue weighted by atomic mass is 31.2. The average Bonchev–Trinajstić information content (AvgIpc) is 0.899. The zero-order valence-corrected chi connectivity index (χ0v) is 75.1. The number of aliphatic hydroxyl groups excluding tert-OH is 1. The van der Waals surface area contributed by atoms with E-state index in [0.717, 1.165) is 102 Å². The Morgan fingerprint density at radius 3 is 0.613 bits per heavy atom. The molecule has 0 aliphatic rings. The first-order valence-electron chi connectivity index (χ1n) is 47.5. The number of unbranched alkanes of at least 4 members (excludes halogenated alkanes) is 61. The standard InChI is InChI=1S/C92H180O17P2/c1-7-9-11-13-15-17-19-21-23-25-27-29-31-33-35-37-41-45-51-58-64-70-76-91(96)108-87(80-102-89(94)74-68-62-56-50-44-40-36-34-32-30-28-26-24-22-20-18-16-14-12-10-8-2)82-106-110(98,99)104-78-86(93)79-105-111(100,101)107-83-88(81-103-90(95)75-69-63-57-53-47-49-55-61-67-73-85(5)6)109-92(97)77-71-65-59-52-46-42-38-39-43-48-54-60-66-72-84(3)4/h84-88,93H,7-83H2,1-6H3,(H,98,99)(H,100,101)/t86-,87-,88-/m1/s1. The average molecular weight is 1620 g/mol. The third kappa shape index (κ3) is 85.8. The van der Waals surface area contributed by atoms with Crippen LogP contribution in [0.15, 0.2) is 0 Å². The summed E-state index contributed by atoms with van der Waals surface area (Å²) >= 11 is 0. The third-order valence-electron chi connectivity index (χ3n) is 21.7. The minimum Gasteiger partial charge on any atom is -0.462 e. The van der Waals surface area contributed by atoms with Gasteiger partial charge in [0.25, 0.3) is 0 Å². The van der Waals surface area contributed by atoms with Gasteiger partial charge in [0.15, 0.2) is 12.2 Å². The number of phosphoric acid groups is 2. The monoisotopic (exact) mass is 1620 g/mol. The predicted molar refractivity (Wildman–Crippen MR) is 460 cm³/mol. The van der Waals surface area contributed by atoms with Crippen LogP contribution in [0.25, 0.3) is 0 Å². The number of ether oxygens (including phenoxy) is 4. The molecule has 0 radical (unpaired) electrons. The molecule has 19 heteroatoms. The lowest BCUT2D eigenvalue weighted by atomic mass is 10.0. The summed E-state index contributed by atoms with van der Waals surface area (Å²) in [5.41, 5.74) is 0. The molecule has 0 aliphatic heterocycles. The van der Waals surface area contributed by atoms with Crippen LogP contribution in [0.1, 0.15) is 497 Å². The van der Waals surface area contributed by atoms with Crippen molar-refractivity contribution in [2.45, 2.75) is 516 Å². The van der Waals surface area contributed by atoms with Gasteiger partial charge in [-0.15, -0.1) is 0 Å². The summed E-state index contributed by atoms with van der Waals surface area (Å²) in [5, 5.41) is 10.7. The van der Waals surface area contributed by atoms with Crippen molar-refractivity contribution in [3.63, 3.8) is 0 Å². The van der Waals surface area contributed by atoms with Crippen molar-refractivity contribution in [2.75, 3.05) is 39.6 Å². The minimum atomic E-state index is -4.97. The Hall–Kier alpha value is -1.94. The summed E-state index contributed by atoms with van der Waals surface area (Å²) in [6, 6.07) is 0. The molecule has 0 aliphatic carbocycles. The summed E-state index contributed by atoms with van der Waals surface area (Å²) in [4.78, 5) is 73.4. The number of phosphoric ester groups is 2. The van der Waals surface area contributed by atoms with Gasteiger partial charge in [-0.3, -0.25) is 37.3 Å². The van der Waals surface area contributed by atoms with E-state index in [2.05, 4.69) is 41.5 Å². The lowest BCUT2D eigenvalue weighted by molar-refractivity contribution is -0.161. The molecule has 0 fully saturated rings. The first kappa shape index (κ1) is 109. The van der Waals surface area contributed by atoms with Crippen LogP contribution in [0, 0.1) is 11.8 Å².